The molecule has 4 aromatic carbocycles. The second kappa shape index (κ2) is 13.2. The lowest BCUT2D eigenvalue weighted by Gasteiger charge is -2.17. The second-order valence-corrected chi connectivity index (χ2v) is 11.2. The summed E-state index contributed by atoms with van der Waals surface area (Å²) in [7, 11) is -4.46. The highest BCUT2D eigenvalue weighted by atomic mass is 35.5. The number of hydrogen-bond donors (Lipinski definition) is 4. The number of aromatic carboxylic acids is 1. The maximum atomic E-state index is 13.1. The van der Waals surface area contributed by atoms with Crippen LogP contribution in [0.25, 0.3) is 0 Å². The van der Waals surface area contributed by atoms with E-state index < -0.39 is 28.1 Å². The van der Waals surface area contributed by atoms with E-state index in [2.05, 4.69) is 10.6 Å². The summed E-state index contributed by atoms with van der Waals surface area (Å²) in [6.07, 6.45) is -0.619. The largest absolute Gasteiger partial charge is 0.478 e. The normalized spacial score (nSPS) is 10.9. The average Bonchev–Trinajstić information content (AvgIpc) is 2.95. The molecule has 0 saturated heterocycles. The molecule has 0 aliphatic carbocycles. The number of rotatable bonds is 9. The van der Waals surface area contributed by atoms with Crippen molar-refractivity contribution in [2.24, 2.45) is 0 Å². The molecule has 0 spiro atoms. The van der Waals surface area contributed by atoms with Crippen LogP contribution in [0.15, 0.2) is 95.9 Å². The van der Waals surface area contributed by atoms with Gasteiger partial charge in [-0.3, -0.25) is 5.32 Å². The Balaban J connectivity index is 1.52. The Kier molecular flexibility index (Phi) is 9.46. The highest BCUT2D eigenvalue weighted by molar-refractivity contribution is 7.90. The van der Waals surface area contributed by atoms with Gasteiger partial charge in [-0.1, -0.05) is 78.3 Å². The van der Waals surface area contributed by atoms with Gasteiger partial charge in [0.05, 0.1) is 16.1 Å². The summed E-state index contributed by atoms with van der Waals surface area (Å²) >= 11 is 6.37. The van der Waals surface area contributed by atoms with Crippen molar-refractivity contribution < 1.29 is 32.6 Å². The molecular formula is C30H26ClN3O7S. The predicted octanol–water partition coefficient (Wildman–Crippen LogP) is 6.20. The van der Waals surface area contributed by atoms with Gasteiger partial charge in [-0.2, -0.15) is 0 Å². The molecule has 12 heteroatoms. The van der Waals surface area contributed by atoms with E-state index in [0.29, 0.717) is 11.1 Å². The van der Waals surface area contributed by atoms with Crippen molar-refractivity contribution in [3.63, 3.8) is 0 Å². The summed E-state index contributed by atoms with van der Waals surface area (Å²) in [6.45, 7) is 1.67. The monoisotopic (exact) mass is 607 g/mol. The summed E-state index contributed by atoms with van der Waals surface area (Å²) in [5.74, 6) is -1.34. The number of anilines is 2. The molecule has 42 heavy (non-hydrogen) atoms. The molecule has 0 aromatic heterocycles. The van der Waals surface area contributed by atoms with E-state index in [4.69, 9.17) is 16.3 Å². The van der Waals surface area contributed by atoms with E-state index in [0.717, 1.165) is 11.1 Å². The van der Waals surface area contributed by atoms with Crippen LogP contribution in [0.5, 0.6) is 0 Å². The molecule has 0 unspecified atom stereocenters. The Bertz CT molecular complexity index is 1730. The van der Waals surface area contributed by atoms with E-state index in [-0.39, 0.29) is 39.9 Å². The van der Waals surface area contributed by atoms with Gasteiger partial charge in [-0.15, -0.1) is 0 Å². The number of halogens is 1. The van der Waals surface area contributed by atoms with Crippen LogP contribution in [-0.4, -0.2) is 31.6 Å². The van der Waals surface area contributed by atoms with E-state index in [1.807, 2.05) is 16.9 Å². The van der Waals surface area contributed by atoms with Gasteiger partial charge < -0.3 is 15.2 Å². The highest BCUT2D eigenvalue weighted by Gasteiger charge is 2.23. The lowest BCUT2D eigenvalue weighted by Crippen LogP contribution is -2.35. The molecule has 0 bridgehead atoms. The zero-order valence-electron chi connectivity index (χ0n) is 22.3. The van der Waals surface area contributed by atoms with Crippen molar-refractivity contribution in [1.29, 1.82) is 0 Å². The lowest BCUT2D eigenvalue weighted by molar-refractivity contribution is 0.0698. The number of carbonyl (C=O) groups is 3. The standard InChI is InChI=1S/C30H26ClN3O7S/c1-19-12-13-22(17-26(19)32-30(38)41-18-21-10-6-3-7-11-21)42(39,40)34-29(37)33-27-23(28(35)36)14-15-25(31)24(27)16-20-8-4-2-5-9-20/h2-15,17H,16,18H2,1H3,(H,32,38)(H,35,36)(H2,33,34,37). The van der Waals surface area contributed by atoms with Crippen LogP contribution in [0.1, 0.15) is 32.6 Å². The molecule has 0 aliphatic rings. The van der Waals surface area contributed by atoms with Gasteiger partial charge in [0.15, 0.2) is 0 Å². The smallest absolute Gasteiger partial charge is 0.411 e. The summed E-state index contributed by atoms with van der Waals surface area (Å²) in [6, 6.07) is 23.3. The van der Waals surface area contributed by atoms with Crippen LogP contribution < -0.4 is 15.4 Å². The lowest BCUT2D eigenvalue weighted by atomic mass is 9.99. The Hall–Kier alpha value is -4.87. The van der Waals surface area contributed by atoms with Gasteiger partial charge in [-0.25, -0.2) is 27.5 Å². The molecule has 10 nitrogen and oxygen atoms in total. The summed E-state index contributed by atoms with van der Waals surface area (Å²) in [4.78, 5) is 36.9. The first-order valence-electron chi connectivity index (χ1n) is 12.5. The van der Waals surface area contributed by atoms with Crippen molar-refractivity contribution in [2.45, 2.75) is 24.8 Å². The van der Waals surface area contributed by atoms with Gasteiger partial charge in [0.2, 0.25) is 0 Å². The van der Waals surface area contributed by atoms with E-state index in [1.54, 1.807) is 55.5 Å². The number of benzene rings is 4. The fourth-order valence-corrected chi connectivity index (χ4v) is 5.17. The first kappa shape index (κ1) is 30.1. The van der Waals surface area contributed by atoms with Crippen molar-refractivity contribution in [3.05, 3.63) is 124 Å². The van der Waals surface area contributed by atoms with Gasteiger partial charge in [-0.05, 0) is 53.4 Å². The van der Waals surface area contributed by atoms with E-state index >= 15 is 0 Å². The number of amides is 3. The zero-order valence-corrected chi connectivity index (χ0v) is 23.8. The van der Waals surface area contributed by atoms with E-state index in [1.165, 1.54) is 30.3 Å². The highest BCUT2D eigenvalue weighted by Crippen LogP contribution is 2.31. The minimum absolute atomic E-state index is 0.0134. The molecule has 0 atom stereocenters. The van der Waals surface area contributed by atoms with Crippen molar-refractivity contribution in [2.75, 3.05) is 10.6 Å². The number of carboxylic acids is 1. The fraction of sp³-hybridized carbons (Fsp3) is 0.100. The van der Waals surface area contributed by atoms with E-state index in [9.17, 15) is 27.9 Å². The third kappa shape index (κ3) is 7.65. The number of sulfonamides is 1. The number of hydrogen-bond acceptors (Lipinski definition) is 6. The maximum Gasteiger partial charge on any atom is 0.411 e. The molecule has 216 valence electrons. The third-order valence-corrected chi connectivity index (χ3v) is 7.83. The Morgan fingerprint density at radius 2 is 1.50 bits per heavy atom. The number of aryl methyl sites for hydroxylation is 1. The minimum Gasteiger partial charge on any atom is -0.478 e. The van der Waals surface area contributed by atoms with Crippen LogP contribution in [-0.2, 0) is 27.8 Å². The first-order chi connectivity index (χ1) is 20.0. The van der Waals surface area contributed by atoms with Crippen LogP contribution >= 0.6 is 11.6 Å². The van der Waals surface area contributed by atoms with Crippen LogP contribution in [0, 0.1) is 6.92 Å². The van der Waals surface area contributed by atoms with Crippen molar-refractivity contribution in [1.82, 2.24) is 4.72 Å². The SMILES string of the molecule is Cc1ccc(S(=O)(=O)NC(=O)Nc2c(C(=O)O)ccc(Cl)c2Cc2ccccc2)cc1NC(=O)OCc1ccccc1. The van der Waals surface area contributed by atoms with Crippen molar-refractivity contribution in [3.8, 4) is 0 Å². The third-order valence-electron chi connectivity index (χ3n) is 6.14. The predicted molar refractivity (Wildman–Crippen MR) is 158 cm³/mol. The number of nitrogens with one attached hydrogen (secondary N) is 3. The van der Waals surface area contributed by atoms with Crippen LogP contribution in [0.4, 0.5) is 21.0 Å². The molecule has 0 heterocycles. The number of ether oxygens (including phenoxy) is 1. The van der Waals surface area contributed by atoms with Gasteiger partial charge in [0.25, 0.3) is 10.0 Å². The topological polar surface area (TPSA) is 151 Å². The second-order valence-electron chi connectivity index (χ2n) is 9.14. The quantitative estimate of drug-likeness (QED) is 0.177. The average molecular weight is 608 g/mol. The van der Waals surface area contributed by atoms with Crippen molar-refractivity contribution >= 4 is 51.1 Å². The Morgan fingerprint density at radius 1 is 0.857 bits per heavy atom. The molecule has 0 saturated carbocycles. The number of carbonyl (C=O) groups excluding carboxylic acids is 2. The molecule has 0 fully saturated rings. The molecule has 0 radical (unpaired) electrons. The molecule has 0 aliphatic heterocycles. The zero-order chi connectivity index (χ0) is 30.3. The molecule has 4 aromatic rings. The van der Waals surface area contributed by atoms with Gasteiger partial charge in [0.1, 0.15) is 6.61 Å². The molecule has 4 N–H and O–H groups in total. The molecule has 4 rings (SSSR count). The maximum absolute atomic E-state index is 13.1. The molecule has 3 amide bonds. The Morgan fingerprint density at radius 3 is 2.14 bits per heavy atom. The number of carboxylic acid groups (broad SMARTS) is 1. The summed E-state index contributed by atoms with van der Waals surface area (Å²) in [5.41, 5.74) is 2.16. The summed E-state index contributed by atoms with van der Waals surface area (Å²) in [5, 5.41) is 14.8. The van der Waals surface area contributed by atoms with Crippen LogP contribution in [0.2, 0.25) is 5.02 Å². The van der Waals surface area contributed by atoms with Gasteiger partial charge in [0, 0.05) is 17.1 Å². The minimum atomic E-state index is -4.46. The Labute approximate surface area is 247 Å². The van der Waals surface area contributed by atoms with Crippen LogP contribution in [0.3, 0.4) is 0 Å². The van der Waals surface area contributed by atoms with Gasteiger partial charge >= 0.3 is 18.1 Å². The summed E-state index contributed by atoms with van der Waals surface area (Å²) < 4.78 is 33.3. The molecular weight excluding hydrogens is 582 g/mol. The number of urea groups is 1. The fourth-order valence-electron chi connectivity index (χ4n) is 4.01. The first-order valence-corrected chi connectivity index (χ1v) is 14.4.